The summed E-state index contributed by atoms with van der Waals surface area (Å²) in [5.41, 5.74) is 0.879. The number of benzene rings is 1. The molecule has 1 heterocycles. The van der Waals surface area contributed by atoms with Gasteiger partial charge in [-0.3, -0.25) is 4.79 Å². The molecule has 0 spiro atoms. The lowest BCUT2D eigenvalue weighted by Crippen LogP contribution is -2.27. The lowest BCUT2D eigenvalue weighted by atomic mass is 10.1. The van der Waals surface area contributed by atoms with Gasteiger partial charge in [0.1, 0.15) is 17.8 Å². The summed E-state index contributed by atoms with van der Waals surface area (Å²) in [5, 5.41) is 6.02. The molecule has 1 amide bonds. The Morgan fingerprint density at radius 3 is 2.57 bits per heavy atom. The van der Waals surface area contributed by atoms with Crippen molar-refractivity contribution in [1.82, 2.24) is 9.97 Å². The number of carbonyl (C=O) groups excluding carboxylic acids is 1. The summed E-state index contributed by atoms with van der Waals surface area (Å²) in [6.07, 6.45) is 1.38. The average Bonchev–Trinajstić information content (AvgIpc) is 2.39. The van der Waals surface area contributed by atoms with Gasteiger partial charge in [0, 0.05) is 16.1 Å². The lowest BCUT2D eigenvalue weighted by Gasteiger charge is -2.21. The Labute approximate surface area is 132 Å². The van der Waals surface area contributed by atoms with Crippen molar-refractivity contribution in [3.63, 3.8) is 0 Å². The number of halogens is 1. The van der Waals surface area contributed by atoms with Crippen molar-refractivity contribution < 1.29 is 4.79 Å². The van der Waals surface area contributed by atoms with Crippen LogP contribution in [0, 0.1) is 0 Å². The third-order valence-corrected chi connectivity index (χ3v) is 3.22. The van der Waals surface area contributed by atoms with Crippen LogP contribution in [-0.4, -0.2) is 21.4 Å². The lowest BCUT2D eigenvalue weighted by molar-refractivity contribution is 0.102. The molecule has 0 fully saturated rings. The van der Waals surface area contributed by atoms with Crippen LogP contribution < -0.4 is 10.6 Å². The van der Waals surface area contributed by atoms with E-state index in [0.29, 0.717) is 17.2 Å². The first kappa shape index (κ1) is 15.4. The van der Waals surface area contributed by atoms with E-state index in [1.807, 2.05) is 45.0 Å². The smallest absolute Gasteiger partial charge is 0.274 e. The number of hydrogen-bond donors (Lipinski definition) is 2. The van der Waals surface area contributed by atoms with Gasteiger partial charge in [-0.1, -0.05) is 12.1 Å². The van der Waals surface area contributed by atoms with Gasteiger partial charge in [-0.25, -0.2) is 9.97 Å². The highest BCUT2D eigenvalue weighted by atomic mass is 79.9. The summed E-state index contributed by atoms with van der Waals surface area (Å²) in [7, 11) is 0. The van der Waals surface area contributed by atoms with Crippen LogP contribution in [0.25, 0.3) is 0 Å². The molecule has 0 aliphatic heterocycles. The Kier molecular flexibility index (Phi) is 4.57. The van der Waals surface area contributed by atoms with Gasteiger partial charge in [-0.2, -0.15) is 0 Å². The minimum Gasteiger partial charge on any atom is -0.365 e. The van der Waals surface area contributed by atoms with E-state index in [9.17, 15) is 4.79 Å². The van der Waals surface area contributed by atoms with Crippen LogP contribution in [0.3, 0.4) is 0 Å². The van der Waals surface area contributed by atoms with E-state index in [2.05, 4.69) is 36.5 Å². The van der Waals surface area contributed by atoms with Crippen molar-refractivity contribution in [2.75, 3.05) is 10.6 Å². The van der Waals surface area contributed by atoms with Crippen molar-refractivity contribution >= 4 is 33.3 Å². The van der Waals surface area contributed by atoms with E-state index in [-0.39, 0.29) is 11.4 Å². The predicted octanol–water partition coefficient (Wildman–Crippen LogP) is 3.70. The number of hydrogen-bond acceptors (Lipinski definition) is 4. The number of aromatic nitrogens is 2. The number of anilines is 2. The summed E-state index contributed by atoms with van der Waals surface area (Å²) in [5.74, 6) is 0.344. The molecule has 0 saturated carbocycles. The second-order valence-corrected chi connectivity index (χ2v) is 6.45. The van der Waals surface area contributed by atoms with Crippen LogP contribution in [0.15, 0.2) is 41.1 Å². The number of nitrogens with zero attached hydrogens (tertiary/aromatic N) is 2. The molecule has 0 atom stereocenters. The number of para-hydroxylation sites is 1. The zero-order valence-electron chi connectivity index (χ0n) is 12.1. The second-order valence-electron chi connectivity index (χ2n) is 5.60. The first-order valence-corrected chi connectivity index (χ1v) is 7.30. The van der Waals surface area contributed by atoms with Crippen LogP contribution in [0.1, 0.15) is 31.3 Å². The third-order valence-electron chi connectivity index (χ3n) is 2.52. The summed E-state index contributed by atoms with van der Waals surface area (Å²) in [6, 6.07) is 9.06. The van der Waals surface area contributed by atoms with Crippen molar-refractivity contribution in [1.29, 1.82) is 0 Å². The second kappa shape index (κ2) is 6.22. The Balaban J connectivity index is 2.16. The molecule has 1 aromatic heterocycles. The summed E-state index contributed by atoms with van der Waals surface area (Å²) in [6.45, 7) is 6.07. The third kappa shape index (κ3) is 4.53. The molecule has 2 rings (SSSR count). The fourth-order valence-corrected chi connectivity index (χ4v) is 2.07. The highest BCUT2D eigenvalue weighted by Crippen LogP contribution is 2.22. The van der Waals surface area contributed by atoms with Gasteiger partial charge in [0.15, 0.2) is 0 Å². The normalized spacial score (nSPS) is 11.0. The minimum atomic E-state index is -0.277. The van der Waals surface area contributed by atoms with Crippen LogP contribution in [-0.2, 0) is 0 Å². The van der Waals surface area contributed by atoms with Crippen LogP contribution in [0.2, 0.25) is 0 Å². The largest absolute Gasteiger partial charge is 0.365 e. The van der Waals surface area contributed by atoms with Crippen LogP contribution >= 0.6 is 15.9 Å². The number of rotatable bonds is 3. The molecule has 0 aliphatic carbocycles. The standard InChI is InChI=1S/C15H17BrN4O/c1-15(2,3)20-13-8-12(17-9-18-13)14(21)19-11-7-5-4-6-10(11)16/h4-9H,1-3H3,(H,19,21)(H,17,18,20). The maximum Gasteiger partial charge on any atom is 0.274 e. The zero-order chi connectivity index (χ0) is 15.5. The molecule has 5 nitrogen and oxygen atoms in total. The maximum absolute atomic E-state index is 12.2. The SMILES string of the molecule is CC(C)(C)Nc1cc(C(=O)Nc2ccccc2Br)ncn1. The average molecular weight is 349 g/mol. The summed E-state index contributed by atoms with van der Waals surface area (Å²) >= 11 is 3.39. The molecule has 0 bridgehead atoms. The van der Waals surface area contributed by atoms with E-state index < -0.39 is 0 Å². The molecule has 0 unspecified atom stereocenters. The molecule has 6 heteroatoms. The first-order valence-electron chi connectivity index (χ1n) is 6.51. The minimum absolute atomic E-state index is 0.134. The zero-order valence-corrected chi connectivity index (χ0v) is 13.7. The molecule has 110 valence electrons. The first-order chi connectivity index (χ1) is 9.85. The summed E-state index contributed by atoms with van der Waals surface area (Å²) < 4.78 is 0.820. The maximum atomic E-state index is 12.2. The summed E-state index contributed by atoms with van der Waals surface area (Å²) in [4.78, 5) is 20.4. The Hall–Kier alpha value is -1.95. The molecule has 0 saturated heterocycles. The fourth-order valence-electron chi connectivity index (χ4n) is 1.68. The molecular weight excluding hydrogens is 332 g/mol. The van der Waals surface area contributed by atoms with E-state index in [0.717, 1.165) is 4.47 Å². The van der Waals surface area contributed by atoms with Crippen molar-refractivity contribution in [2.24, 2.45) is 0 Å². The molecule has 0 aliphatic rings. The van der Waals surface area contributed by atoms with E-state index >= 15 is 0 Å². The predicted molar refractivity (Wildman–Crippen MR) is 87.5 cm³/mol. The van der Waals surface area contributed by atoms with Crippen molar-refractivity contribution in [2.45, 2.75) is 26.3 Å². The number of carbonyl (C=O) groups is 1. The molecule has 0 radical (unpaired) electrons. The highest BCUT2D eigenvalue weighted by Gasteiger charge is 2.14. The van der Waals surface area contributed by atoms with Gasteiger partial charge in [0.25, 0.3) is 5.91 Å². The van der Waals surface area contributed by atoms with Crippen molar-refractivity contribution in [3.8, 4) is 0 Å². The van der Waals surface area contributed by atoms with Gasteiger partial charge in [0.2, 0.25) is 0 Å². The van der Waals surface area contributed by atoms with Gasteiger partial charge >= 0.3 is 0 Å². The molecule has 1 aromatic carbocycles. The van der Waals surface area contributed by atoms with Gasteiger partial charge < -0.3 is 10.6 Å². The van der Waals surface area contributed by atoms with Crippen LogP contribution in [0.4, 0.5) is 11.5 Å². The monoisotopic (exact) mass is 348 g/mol. The molecular formula is C15H17BrN4O. The Bertz CT molecular complexity index is 652. The number of nitrogens with one attached hydrogen (secondary N) is 2. The topological polar surface area (TPSA) is 66.9 Å². The molecule has 2 N–H and O–H groups in total. The van der Waals surface area contributed by atoms with Gasteiger partial charge in [0.05, 0.1) is 5.69 Å². The quantitative estimate of drug-likeness (QED) is 0.887. The number of amides is 1. The van der Waals surface area contributed by atoms with Crippen molar-refractivity contribution in [3.05, 3.63) is 46.8 Å². The molecule has 2 aromatic rings. The van der Waals surface area contributed by atoms with E-state index in [1.54, 1.807) is 6.07 Å². The van der Waals surface area contributed by atoms with E-state index in [1.165, 1.54) is 6.33 Å². The Morgan fingerprint density at radius 1 is 1.19 bits per heavy atom. The highest BCUT2D eigenvalue weighted by molar-refractivity contribution is 9.10. The Morgan fingerprint density at radius 2 is 1.90 bits per heavy atom. The van der Waals surface area contributed by atoms with Gasteiger partial charge in [-0.15, -0.1) is 0 Å². The molecule has 21 heavy (non-hydrogen) atoms. The van der Waals surface area contributed by atoms with Crippen LogP contribution in [0.5, 0.6) is 0 Å². The van der Waals surface area contributed by atoms with E-state index in [4.69, 9.17) is 0 Å². The fraction of sp³-hybridized carbons (Fsp3) is 0.267. The van der Waals surface area contributed by atoms with Gasteiger partial charge in [-0.05, 0) is 48.8 Å².